The zero-order valence-electron chi connectivity index (χ0n) is 13.3. The minimum absolute atomic E-state index is 0.290. The van der Waals surface area contributed by atoms with Crippen LogP contribution in [-0.2, 0) is 4.74 Å². The summed E-state index contributed by atoms with van der Waals surface area (Å²) in [5, 5.41) is 3.76. The molecule has 0 aliphatic carbocycles. The van der Waals surface area contributed by atoms with E-state index < -0.39 is 5.97 Å². The van der Waals surface area contributed by atoms with Gasteiger partial charge in [0.05, 0.1) is 11.6 Å². The number of nitrogens with one attached hydrogen (secondary N) is 1. The van der Waals surface area contributed by atoms with Crippen molar-refractivity contribution in [2.45, 2.75) is 59.4 Å². The van der Waals surface area contributed by atoms with Gasteiger partial charge in [-0.05, 0) is 32.8 Å². The van der Waals surface area contributed by atoms with E-state index in [4.69, 9.17) is 16.3 Å². The zero-order chi connectivity index (χ0) is 15.8. The van der Waals surface area contributed by atoms with Crippen molar-refractivity contribution < 1.29 is 9.53 Å². The molecule has 0 aliphatic rings. The molecule has 4 nitrogen and oxygen atoms in total. The highest BCUT2D eigenvalue weighted by atomic mass is 35.5. The third kappa shape index (κ3) is 5.20. The number of aryl methyl sites for hydroxylation is 1. The van der Waals surface area contributed by atoms with Gasteiger partial charge in [-0.1, -0.05) is 38.3 Å². The Bertz CT molecular complexity index is 472. The Labute approximate surface area is 132 Å². The maximum absolute atomic E-state index is 12.1. The molecular weight excluding hydrogens is 288 g/mol. The Morgan fingerprint density at radius 2 is 1.95 bits per heavy atom. The Kier molecular flexibility index (Phi) is 7.51. The molecule has 0 aromatic carbocycles. The average molecular weight is 313 g/mol. The topological polar surface area (TPSA) is 51.2 Å². The van der Waals surface area contributed by atoms with Crippen LogP contribution in [0.4, 0.5) is 5.82 Å². The number of carbonyl (C=O) groups is 1. The van der Waals surface area contributed by atoms with E-state index in [1.807, 2.05) is 6.92 Å². The van der Waals surface area contributed by atoms with E-state index in [-0.39, 0.29) is 0 Å². The number of esters is 1. The van der Waals surface area contributed by atoms with Crippen LogP contribution in [0, 0.1) is 6.92 Å². The summed E-state index contributed by atoms with van der Waals surface area (Å²) in [4.78, 5) is 16.6. The minimum atomic E-state index is -0.427. The quantitative estimate of drug-likeness (QED) is 0.713. The molecule has 118 valence electrons. The Morgan fingerprint density at radius 1 is 1.33 bits per heavy atom. The molecule has 1 aromatic heterocycles. The first kappa shape index (κ1) is 17.8. The third-order valence-electron chi connectivity index (χ3n) is 3.19. The number of halogens is 1. The van der Waals surface area contributed by atoms with E-state index in [2.05, 4.69) is 24.1 Å². The summed E-state index contributed by atoms with van der Waals surface area (Å²) in [7, 11) is 0. The van der Waals surface area contributed by atoms with Crippen LogP contribution < -0.4 is 5.32 Å². The first-order valence-electron chi connectivity index (χ1n) is 7.64. The predicted molar refractivity (Wildman–Crippen MR) is 87.2 cm³/mol. The van der Waals surface area contributed by atoms with Gasteiger partial charge in [0.2, 0.25) is 0 Å². The Balaban J connectivity index is 3.10. The van der Waals surface area contributed by atoms with Crippen LogP contribution in [0.3, 0.4) is 0 Å². The first-order valence-corrected chi connectivity index (χ1v) is 8.01. The highest BCUT2D eigenvalue weighted by Crippen LogP contribution is 2.26. The first-order chi connectivity index (χ1) is 10.0. The van der Waals surface area contributed by atoms with Crippen molar-refractivity contribution >= 4 is 23.4 Å². The number of ether oxygens (including phenoxy) is 1. The number of rotatable bonds is 8. The lowest BCUT2D eigenvalue weighted by Gasteiger charge is -2.20. The largest absolute Gasteiger partial charge is 0.462 e. The van der Waals surface area contributed by atoms with Crippen LogP contribution in [0.25, 0.3) is 0 Å². The summed E-state index contributed by atoms with van der Waals surface area (Å²) in [6.45, 7) is 8.24. The number of pyridine rings is 1. The maximum atomic E-state index is 12.1. The molecule has 1 heterocycles. The second-order valence-corrected chi connectivity index (χ2v) is 5.52. The summed E-state index contributed by atoms with van der Waals surface area (Å²) in [6, 6.07) is 1.98. The van der Waals surface area contributed by atoms with Crippen LogP contribution in [0.15, 0.2) is 6.07 Å². The SMILES string of the molecule is CCCC(CCC)Nc1nc(C)cc(Cl)c1C(=O)OCC. The number of nitrogens with zero attached hydrogens (tertiary/aromatic N) is 1. The summed E-state index contributed by atoms with van der Waals surface area (Å²) >= 11 is 6.22. The van der Waals surface area contributed by atoms with Gasteiger partial charge in [-0.3, -0.25) is 0 Å². The van der Waals surface area contributed by atoms with Gasteiger partial charge in [-0.2, -0.15) is 0 Å². The summed E-state index contributed by atoms with van der Waals surface area (Å²) < 4.78 is 5.09. The molecule has 0 unspecified atom stereocenters. The summed E-state index contributed by atoms with van der Waals surface area (Å²) in [5.41, 5.74) is 1.11. The molecular formula is C16H25ClN2O2. The highest BCUT2D eigenvalue weighted by Gasteiger charge is 2.21. The van der Waals surface area contributed by atoms with E-state index in [1.54, 1.807) is 13.0 Å². The van der Waals surface area contributed by atoms with Gasteiger partial charge >= 0.3 is 5.97 Å². The molecule has 0 spiro atoms. The van der Waals surface area contributed by atoms with Gasteiger partial charge in [0.1, 0.15) is 11.4 Å². The molecule has 0 saturated heterocycles. The number of hydrogen-bond donors (Lipinski definition) is 1. The van der Waals surface area contributed by atoms with E-state index in [9.17, 15) is 4.79 Å². The van der Waals surface area contributed by atoms with Crippen molar-refractivity contribution in [1.29, 1.82) is 0 Å². The van der Waals surface area contributed by atoms with E-state index in [0.29, 0.717) is 29.1 Å². The highest BCUT2D eigenvalue weighted by molar-refractivity contribution is 6.34. The molecule has 1 aromatic rings. The standard InChI is InChI=1S/C16H25ClN2O2/c1-5-8-12(9-6-2)19-15-14(16(20)21-7-3)13(17)10-11(4)18-15/h10,12H,5-9H2,1-4H3,(H,18,19). The van der Waals surface area contributed by atoms with Crippen LogP contribution in [0.5, 0.6) is 0 Å². The van der Waals surface area contributed by atoms with E-state index >= 15 is 0 Å². The van der Waals surface area contributed by atoms with Crippen molar-refractivity contribution in [3.05, 3.63) is 22.3 Å². The number of anilines is 1. The van der Waals surface area contributed by atoms with E-state index in [1.165, 1.54) is 0 Å². The van der Waals surface area contributed by atoms with Crippen molar-refractivity contribution in [2.24, 2.45) is 0 Å². The number of hydrogen-bond acceptors (Lipinski definition) is 4. The van der Waals surface area contributed by atoms with Gasteiger partial charge in [0.25, 0.3) is 0 Å². The molecule has 0 radical (unpaired) electrons. The van der Waals surface area contributed by atoms with Gasteiger partial charge in [0.15, 0.2) is 0 Å². The molecule has 1 rings (SSSR count). The smallest absolute Gasteiger partial charge is 0.343 e. The molecule has 0 atom stereocenters. The van der Waals surface area contributed by atoms with Gasteiger partial charge in [-0.15, -0.1) is 0 Å². The molecule has 0 fully saturated rings. The zero-order valence-corrected chi connectivity index (χ0v) is 14.1. The van der Waals surface area contributed by atoms with Crippen LogP contribution in [-0.4, -0.2) is 23.6 Å². The average Bonchev–Trinajstić information content (AvgIpc) is 2.38. The molecule has 5 heteroatoms. The number of carbonyl (C=O) groups excluding carboxylic acids is 1. The molecule has 0 aliphatic heterocycles. The normalized spacial score (nSPS) is 10.8. The third-order valence-corrected chi connectivity index (χ3v) is 3.49. The monoisotopic (exact) mass is 312 g/mol. The fourth-order valence-electron chi connectivity index (χ4n) is 2.31. The van der Waals surface area contributed by atoms with Crippen LogP contribution in [0.1, 0.15) is 62.5 Å². The van der Waals surface area contributed by atoms with E-state index in [0.717, 1.165) is 31.4 Å². The molecule has 0 saturated carbocycles. The Morgan fingerprint density at radius 3 is 2.48 bits per heavy atom. The minimum Gasteiger partial charge on any atom is -0.462 e. The number of aromatic nitrogens is 1. The lowest BCUT2D eigenvalue weighted by molar-refractivity contribution is 0.0527. The van der Waals surface area contributed by atoms with Crippen molar-refractivity contribution in [2.75, 3.05) is 11.9 Å². The van der Waals surface area contributed by atoms with Gasteiger partial charge < -0.3 is 10.1 Å². The summed E-state index contributed by atoms with van der Waals surface area (Å²) in [5.74, 6) is 0.106. The fourth-order valence-corrected chi connectivity index (χ4v) is 2.64. The second kappa shape index (κ2) is 8.88. The van der Waals surface area contributed by atoms with Crippen LogP contribution in [0.2, 0.25) is 5.02 Å². The van der Waals surface area contributed by atoms with Crippen molar-refractivity contribution in [1.82, 2.24) is 4.98 Å². The lowest BCUT2D eigenvalue weighted by Crippen LogP contribution is -2.22. The summed E-state index contributed by atoms with van der Waals surface area (Å²) in [6.07, 6.45) is 4.21. The second-order valence-electron chi connectivity index (χ2n) is 5.11. The Hall–Kier alpha value is -1.29. The van der Waals surface area contributed by atoms with Gasteiger partial charge in [0, 0.05) is 11.7 Å². The molecule has 0 bridgehead atoms. The fraction of sp³-hybridized carbons (Fsp3) is 0.625. The van der Waals surface area contributed by atoms with Gasteiger partial charge in [-0.25, -0.2) is 9.78 Å². The molecule has 1 N–H and O–H groups in total. The lowest BCUT2D eigenvalue weighted by atomic mass is 10.1. The predicted octanol–water partition coefficient (Wildman–Crippen LogP) is 4.60. The molecule has 21 heavy (non-hydrogen) atoms. The van der Waals surface area contributed by atoms with Crippen LogP contribution >= 0.6 is 11.6 Å². The van der Waals surface area contributed by atoms with Crippen molar-refractivity contribution in [3.8, 4) is 0 Å². The molecule has 0 amide bonds. The van der Waals surface area contributed by atoms with Crippen molar-refractivity contribution in [3.63, 3.8) is 0 Å². The maximum Gasteiger partial charge on any atom is 0.343 e.